The van der Waals surface area contributed by atoms with Gasteiger partial charge in [-0.3, -0.25) is 4.79 Å². The molecule has 2 heterocycles. The molecule has 25 heavy (non-hydrogen) atoms. The summed E-state index contributed by atoms with van der Waals surface area (Å²) in [6.07, 6.45) is 1.62. The van der Waals surface area contributed by atoms with Gasteiger partial charge in [0.15, 0.2) is 0 Å². The van der Waals surface area contributed by atoms with Crippen LogP contribution in [0.4, 0.5) is 5.82 Å². The SMILES string of the molecule is COc1ccc(-n2nnnc2SCC(=O)Nc2ccc(Br)cn2)cc1. The standard InChI is InChI=1S/C15H13BrN6O2S/c1-24-12-5-3-11(4-6-12)22-15(19-20-21-22)25-9-14(23)18-13-7-2-10(16)8-17-13/h2-8H,9H2,1H3,(H,17,18,23). The number of hydrogen-bond donors (Lipinski definition) is 1. The van der Waals surface area contributed by atoms with Crippen molar-refractivity contribution in [3.8, 4) is 11.4 Å². The van der Waals surface area contributed by atoms with Gasteiger partial charge in [0.1, 0.15) is 11.6 Å². The predicted octanol–water partition coefficient (Wildman–Crippen LogP) is 2.56. The fourth-order valence-electron chi connectivity index (χ4n) is 1.91. The maximum atomic E-state index is 12.0. The molecule has 0 aliphatic carbocycles. The third kappa shape index (κ3) is 4.54. The molecule has 0 unspecified atom stereocenters. The van der Waals surface area contributed by atoms with Crippen LogP contribution in [0.5, 0.6) is 5.75 Å². The minimum Gasteiger partial charge on any atom is -0.497 e. The van der Waals surface area contributed by atoms with Crippen molar-refractivity contribution in [1.29, 1.82) is 0 Å². The first-order valence-electron chi connectivity index (χ1n) is 7.13. The highest BCUT2D eigenvalue weighted by Gasteiger charge is 2.12. The largest absolute Gasteiger partial charge is 0.497 e. The predicted molar refractivity (Wildman–Crippen MR) is 97.0 cm³/mol. The number of hydrogen-bond acceptors (Lipinski definition) is 7. The van der Waals surface area contributed by atoms with E-state index in [1.165, 1.54) is 11.8 Å². The summed E-state index contributed by atoms with van der Waals surface area (Å²) in [5, 5.41) is 14.8. The highest BCUT2D eigenvalue weighted by Crippen LogP contribution is 2.20. The highest BCUT2D eigenvalue weighted by atomic mass is 79.9. The van der Waals surface area contributed by atoms with E-state index in [4.69, 9.17) is 4.74 Å². The van der Waals surface area contributed by atoms with Gasteiger partial charge in [0.2, 0.25) is 11.1 Å². The van der Waals surface area contributed by atoms with Crippen LogP contribution in [0.15, 0.2) is 52.2 Å². The van der Waals surface area contributed by atoms with Crippen molar-refractivity contribution in [2.45, 2.75) is 5.16 Å². The van der Waals surface area contributed by atoms with Gasteiger partial charge in [-0.05, 0) is 62.8 Å². The van der Waals surface area contributed by atoms with Crippen molar-refractivity contribution in [2.75, 3.05) is 18.2 Å². The van der Waals surface area contributed by atoms with Crippen LogP contribution in [-0.4, -0.2) is 44.0 Å². The van der Waals surface area contributed by atoms with Gasteiger partial charge in [-0.2, -0.15) is 4.68 Å². The van der Waals surface area contributed by atoms with E-state index in [2.05, 4.69) is 41.8 Å². The van der Waals surface area contributed by atoms with E-state index in [1.54, 1.807) is 30.1 Å². The summed E-state index contributed by atoms with van der Waals surface area (Å²) in [5.41, 5.74) is 0.781. The molecule has 3 aromatic rings. The Hall–Kier alpha value is -2.46. The molecule has 0 aliphatic rings. The molecule has 1 aromatic carbocycles. The Morgan fingerprint density at radius 1 is 1.28 bits per heavy atom. The number of benzene rings is 1. The zero-order chi connectivity index (χ0) is 17.6. The van der Waals surface area contributed by atoms with Gasteiger partial charge < -0.3 is 10.1 Å². The molecule has 1 amide bonds. The normalized spacial score (nSPS) is 10.5. The second kappa shape index (κ2) is 8.08. The van der Waals surface area contributed by atoms with E-state index < -0.39 is 0 Å². The van der Waals surface area contributed by atoms with Crippen LogP contribution >= 0.6 is 27.7 Å². The molecule has 0 atom stereocenters. The van der Waals surface area contributed by atoms with Gasteiger partial charge in [0.05, 0.1) is 18.6 Å². The first-order valence-corrected chi connectivity index (χ1v) is 8.90. The second-order valence-corrected chi connectivity index (χ2v) is 6.63. The second-order valence-electron chi connectivity index (χ2n) is 4.77. The Balaban J connectivity index is 1.62. The van der Waals surface area contributed by atoms with Gasteiger partial charge >= 0.3 is 0 Å². The van der Waals surface area contributed by atoms with Crippen LogP contribution in [0.2, 0.25) is 0 Å². The lowest BCUT2D eigenvalue weighted by molar-refractivity contribution is -0.113. The minimum absolute atomic E-state index is 0.161. The summed E-state index contributed by atoms with van der Waals surface area (Å²) in [4.78, 5) is 16.1. The molecule has 0 fully saturated rings. The minimum atomic E-state index is -0.191. The Labute approximate surface area is 156 Å². The van der Waals surface area contributed by atoms with Gasteiger partial charge in [-0.1, -0.05) is 11.8 Å². The van der Waals surface area contributed by atoms with Gasteiger partial charge in [0.25, 0.3) is 0 Å². The molecule has 0 saturated heterocycles. The van der Waals surface area contributed by atoms with E-state index in [0.29, 0.717) is 11.0 Å². The van der Waals surface area contributed by atoms with Gasteiger partial charge in [-0.25, -0.2) is 4.98 Å². The zero-order valence-electron chi connectivity index (χ0n) is 13.1. The van der Waals surface area contributed by atoms with Crippen LogP contribution in [0.3, 0.4) is 0 Å². The smallest absolute Gasteiger partial charge is 0.236 e. The van der Waals surface area contributed by atoms with Crippen molar-refractivity contribution >= 4 is 39.4 Å². The summed E-state index contributed by atoms with van der Waals surface area (Å²) in [7, 11) is 1.60. The van der Waals surface area contributed by atoms with Crippen LogP contribution in [0, 0.1) is 0 Å². The van der Waals surface area contributed by atoms with Gasteiger partial charge in [-0.15, -0.1) is 5.10 Å². The summed E-state index contributed by atoms with van der Waals surface area (Å²) >= 11 is 4.53. The first-order chi connectivity index (χ1) is 12.2. The lowest BCUT2D eigenvalue weighted by Gasteiger charge is -2.06. The lowest BCUT2D eigenvalue weighted by atomic mass is 10.3. The number of carbonyl (C=O) groups excluding carboxylic acids is 1. The number of anilines is 1. The zero-order valence-corrected chi connectivity index (χ0v) is 15.5. The van der Waals surface area contributed by atoms with E-state index in [0.717, 1.165) is 15.9 Å². The fourth-order valence-corrected chi connectivity index (χ4v) is 2.84. The maximum absolute atomic E-state index is 12.0. The molecular weight excluding hydrogens is 408 g/mol. The summed E-state index contributed by atoms with van der Waals surface area (Å²) in [6, 6.07) is 10.8. The van der Waals surface area contributed by atoms with E-state index in [-0.39, 0.29) is 11.7 Å². The number of rotatable bonds is 6. The number of carbonyl (C=O) groups is 1. The molecule has 2 aromatic heterocycles. The van der Waals surface area contributed by atoms with E-state index >= 15 is 0 Å². The van der Waals surface area contributed by atoms with Crippen LogP contribution in [0.25, 0.3) is 5.69 Å². The summed E-state index contributed by atoms with van der Waals surface area (Å²) in [5.74, 6) is 1.20. The van der Waals surface area contributed by atoms with Crippen LogP contribution in [-0.2, 0) is 4.79 Å². The van der Waals surface area contributed by atoms with Crippen molar-refractivity contribution in [1.82, 2.24) is 25.2 Å². The number of methoxy groups -OCH3 is 1. The number of aromatic nitrogens is 5. The summed E-state index contributed by atoms with van der Waals surface area (Å²) < 4.78 is 7.54. The first kappa shape index (κ1) is 17.4. The average molecular weight is 421 g/mol. The Kier molecular flexibility index (Phi) is 5.61. The van der Waals surface area contributed by atoms with Gasteiger partial charge in [0, 0.05) is 10.7 Å². The molecule has 0 saturated carbocycles. The quantitative estimate of drug-likeness (QED) is 0.612. The van der Waals surface area contributed by atoms with Crippen LogP contribution < -0.4 is 10.1 Å². The number of amides is 1. The molecule has 0 bridgehead atoms. The Morgan fingerprint density at radius 3 is 2.76 bits per heavy atom. The fraction of sp³-hybridized carbons (Fsp3) is 0.133. The van der Waals surface area contributed by atoms with Crippen molar-refractivity contribution in [3.63, 3.8) is 0 Å². The molecule has 8 nitrogen and oxygen atoms in total. The number of nitrogens with zero attached hydrogens (tertiary/aromatic N) is 5. The molecular formula is C15H13BrN6O2S. The molecule has 0 spiro atoms. The molecule has 1 N–H and O–H groups in total. The van der Waals surface area contributed by atoms with Crippen molar-refractivity contribution < 1.29 is 9.53 Å². The monoisotopic (exact) mass is 420 g/mol. The van der Waals surface area contributed by atoms with Crippen LogP contribution in [0.1, 0.15) is 0 Å². The number of ether oxygens (including phenoxy) is 1. The topological polar surface area (TPSA) is 94.8 Å². The highest BCUT2D eigenvalue weighted by molar-refractivity contribution is 9.10. The number of halogens is 1. The summed E-state index contributed by atoms with van der Waals surface area (Å²) in [6.45, 7) is 0. The third-order valence-electron chi connectivity index (χ3n) is 3.09. The average Bonchev–Trinajstić information content (AvgIpc) is 3.10. The Bertz CT molecular complexity index is 853. The lowest BCUT2D eigenvalue weighted by Crippen LogP contribution is -2.15. The molecule has 10 heteroatoms. The number of pyridine rings is 1. The van der Waals surface area contributed by atoms with E-state index in [1.807, 2.05) is 24.3 Å². The van der Waals surface area contributed by atoms with Crippen molar-refractivity contribution in [3.05, 3.63) is 47.1 Å². The molecule has 0 radical (unpaired) electrons. The number of thioether (sulfide) groups is 1. The molecule has 0 aliphatic heterocycles. The molecule has 3 rings (SSSR count). The van der Waals surface area contributed by atoms with Crippen molar-refractivity contribution in [2.24, 2.45) is 0 Å². The third-order valence-corrected chi connectivity index (χ3v) is 4.47. The van der Waals surface area contributed by atoms with E-state index in [9.17, 15) is 4.79 Å². The molecule has 128 valence electrons. The number of tetrazole rings is 1. The maximum Gasteiger partial charge on any atom is 0.236 e. The number of nitrogens with one attached hydrogen (secondary N) is 1. The Morgan fingerprint density at radius 2 is 2.08 bits per heavy atom.